The third-order valence-corrected chi connectivity index (χ3v) is 5.18. The number of likely N-dealkylation sites (tertiary alicyclic amines) is 1. The molecule has 0 saturated carbocycles. The van der Waals surface area contributed by atoms with Crippen LogP contribution in [0, 0.1) is 5.92 Å². The number of carbonyl (C=O) groups is 2. The van der Waals surface area contributed by atoms with Gasteiger partial charge in [-0.1, -0.05) is 37.3 Å². The Balaban J connectivity index is 1.73. The Morgan fingerprint density at radius 1 is 1.15 bits per heavy atom. The van der Waals surface area contributed by atoms with E-state index in [2.05, 4.69) is 11.9 Å². The number of hydrogen-bond acceptors (Lipinski definition) is 3. The molecule has 0 radical (unpaired) electrons. The molecular formula is C22H27N3O2. The van der Waals surface area contributed by atoms with Crippen molar-refractivity contribution >= 4 is 11.8 Å². The van der Waals surface area contributed by atoms with Crippen molar-refractivity contribution in [3.05, 3.63) is 65.5 Å². The van der Waals surface area contributed by atoms with Gasteiger partial charge in [-0.05, 0) is 43.4 Å². The summed E-state index contributed by atoms with van der Waals surface area (Å²) in [6.07, 6.45) is 3.60. The third-order valence-electron chi connectivity index (χ3n) is 5.18. The number of nitrogens with zero attached hydrogens (tertiary/aromatic N) is 3. The van der Waals surface area contributed by atoms with Crippen LogP contribution in [0.5, 0.6) is 0 Å². The first-order valence-corrected chi connectivity index (χ1v) is 9.67. The summed E-state index contributed by atoms with van der Waals surface area (Å²) in [7, 11) is 0. The van der Waals surface area contributed by atoms with Crippen LogP contribution in [0.2, 0.25) is 0 Å². The van der Waals surface area contributed by atoms with Gasteiger partial charge in [0.2, 0.25) is 0 Å². The summed E-state index contributed by atoms with van der Waals surface area (Å²) in [5.74, 6) is 0.499. The second kappa shape index (κ2) is 8.80. The molecular weight excluding hydrogens is 338 g/mol. The van der Waals surface area contributed by atoms with Gasteiger partial charge in [0.25, 0.3) is 11.8 Å². The molecule has 1 aliphatic heterocycles. The molecule has 0 unspecified atom stereocenters. The van der Waals surface area contributed by atoms with E-state index in [1.54, 1.807) is 23.2 Å². The zero-order chi connectivity index (χ0) is 19.2. The summed E-state index contributed by atoms with van der Waals surface area (Å²) < 4.78 is 0. The number of amides is 2. The maximum atomic E-state index is 12.9. The van der Waals surface area contributed by atoms with Crippen molar-refractivity contribution in [2.24, 2.45) is 5.92 Å². The van der Waals surface area contributed by atoms with Crippen LogP contribution in [0.4, 0.5) is 0 Å². The van der Waals surface area contributed by atoms with Gasteiger partial charge in [-0.2, -0.15) is 0 Å². The molecule has 1 saturated heterocycles. The number of carbonyl (C=O) groups excluding carboxylic acids is 2. The minimum absolute atomic E-state index is 0.0786. The molecule has 0 bridgehead atoms. The molecule has 27 heavy (non-hydrogen) atoms. The quantitative estimate of drug-likeness (QED) is 0.813. The number of rotatable bonds is 5. The van der Waals surface area contributed by atoms with Gasteiger partial charge in [0, 0.05) is 37.9 Å². The molecule has 5 nitrogen and oxygen atoms in total. The number of hydrogen-bond donors (Lipinski definition) is 0. The van der Waals surface area contributed by atoms with E-state index in [-0.39, 0.29) is 11.8 Å². The third kappa shape index (κ3) is 4.73. The summed E-state index contributed by atoms with van der Waals surface area (Å²) in [5, 5.41) is 0. The Labute approximate surface area is 161 Å². The van der Waals surface area contributed by atoms with Gasteiger partial charge in [-0.3, -0.25) is 14.6 Å². The Hall–Kier alpha value is -2.69. The van der Waals surface area contributed by atoms with Crippen LogP contribution < -0.4 is 0 Å². The van der Waals surface area contributed by atoms with Gasteiger partial charge in [-0.25, -0.2) is 0 Å². The molecule has 2 aromatic rings. The van der Waals surface area contributed by atoms with E-state index in [9.17, 15) is 9.59 Å². The van der Waals surface area contributed by atoms with E-state index in [0.29, 0.717) is 30.3 Å². The largest absolute Gasteiger partial charge is 0.337 e. The fourth-order valence-corrected chi connectivity index (χ4v) is 3.37. The highest BCUT2D eigenvalue weighted by atomic mass is 16.2. The highest BCUT2D eigenvalue weighted by Gasteiger charge is 2.23. The number of aromatic nitrogens is 1. The zero-order valence-electron chi connectivity index (χ0n) is 16.1. The molecule has 1 aromatic carbocycles. The Kier molecular flexibility index (Phi) is 6.22. The average Bonchev–Trinajstić information content (AvgIpc) is 2.72. The summed E-state index contributed by atoms with van der Waals surface area (Å²) in [5.41, 5.74) is 1.95. The van der Waals surface area contributed by atoms with Crippen LogP contribution in [0.1, 0.15) is 53.1 Å². The van der Waals surface area contributed by atoms with E-state index >= 15 is 0 Å². The van der Waals surface area contributed by atoms with Gasteiger partial charge < -0.3 is 9.80 Å². The van der Waals surface area contributed by atoms with Crippen molar-refractivity contribution in [1.29, 1.82) is 0 Å². The van der Waals surface area contributed by atoms with Crippen LogP contribution in [-0.2, 0) is 6.54 Å². The lowest BCUT2D eigenvalue weighted by Crippen LogP contribution is -2.38. The first-order chi connectivity index (χ1) is 13.1. The van der Waals surface area contributed by atoms with Crippen LogP contribution in [0.15, 0.2) is 48.7 Å². The van der Waals surface area contributed by atoms with Crippen LogP contribution in [0.25, 0.3) is 0 Å². The van der Waals surface area contributed by atoms with E-state index in [0.717, 1.165) is 31.5 Å². The second-order valence-corrected chi connectivity index (χ2v) is 7.21. The van der Waals surface area contributed by atoms with Crippen molar-refractivity contribution in [2.45, 2.75) is 33.2 Å². The van der Waals surface area contributed by atoms with Gasteiger partial charge in [0.1, 0.15) is 5.69 Å². The van der Waals surface area contributed by atoms with Crippen LogP contribution in [-0.4, -0.2) is 46.2 Å². The predicted octanol–water partition coefficient (Wildman–Crippen LogP) is 3.62. The van der Waals surface area contributed by atoms with Crippen molar-refractivity contribution in [3.8, 4) is 0 Å². The van der Waals surface area contributed by atoms with Crippen LogP contribution >= 0.6 is 0 Å². The van der Waals surface area contributed by atoms with E-state index in [4.69, 9.17) is 0 Å². The Morgan fingerprint density at radius 3 is 2.52 bits per heavy atom. The molecule has 142 valence electrons. The van der Waals surface area contributed by atoms with Gasteiger partial charge in [0.15, 0.2) is 0 Å². The fraction of sp³-hybridized carbons (Fsp3) is 0.409. The smallest absolute Gasteiger partial charge is 0.272 e. The molecule has 5 heteroatoms. The molecule has 0 N–H and O–H groups in total. The minimum Gasteiger partial charge on any atom is -0.337 e. The maximum absolute atomic E-state index is 12.9. The molecule has 1 aromatic heterocycles. The van der Waals surface area contributed by atoms with Gasteiger partial charge >= 0.3 is 0 Å². The standard InChI is InChI=1S/C22H27N3O2/c1-3-24(16-18-7-5-4-6-8-18)21(26)19-9-12-23-20(15-19)22(27)25-13-10-17(2)11-14-25/h4-9,12,15,17H,3,10-11,13-14,16H2,1-2H3. The second-order valence-electron chi connectivity index (χ2n) is 7.21. The number of pyridine rings is 1. The summed E-state index contributed by atoms with van der Waals surface area (Å²) in [6.45, 7) is 6.84. The van der Waals surface area contributed by atoms with Gasteiger partial charge in [0.05, 0.1) is 0 Å². The molecule has 2 amide bonds. The zero-order valence-corrected chi connectivity index (χ0v) is 16.1. The molecule has 2 heterocycles. The normalized spacial score (nSPS) is 14.8. The molecule has 0 spiro atoms. The average molecular weight is 365 g/mol. The Bertz CT molecular complexity index is 783. The van der Waals surface area contributed by atoms with E-state index in [1.807, 2.05) is 42.2 Å². The lowest BCUT2D eigenvalue weighted by Gasteiger charge is -2.30. The molecule has 3 rings (SSSR count). The SMILES string of the molecule is CCN(Cc1ccccc1)C(=O)c1ccnc(C(=O)N2CCC(C)CC2)c1. The first-order valence-electron chi connectivity index (χ1n) is 9.67. The number of benzene rings is 1. The predicted molar refractivity (Wildman–Crippen MR) is 105 cm³/mol. The van der Waals surface area contributed by atoms with Crippen LogP contribution in [0.3, 0.4) is 0 Å². The minimum atomic E-state index is -0.0809. The van der Waals surface area contributed by atoms with E-state index < -0.39 is 0 Å². The molecule has 1 fully saturated rings. The maximum Gasteiger partial charge on any atom is 0.272 e. The summed E-state index contributed by atoms with van der Waals surface area (Å²) in [6, 6.07) is 13.2. The molecule has 1 aliphatic rings. The molecule has 0 atom stereocenters. The topological polar surface area (TPSA) is 53.5 Å². The summed E-state index contributed by atoms with van der Waals surface area (Å²) >= 11 is 0. The van der Waals surface area contributed by atoms with Gasteiger partial charge in [-0.15, -0.1) is 0 Å². The lowest BCUT2D eigenvalue weighted by atomic mass is 9.99. The van der Waals surface area contributed by atoms with Crippen molar-refractivity contribution in [2.75, 3.05) is 19.6 Å². The summed E-state index contributed by atoms with van der Waals surface area (Å²) in [4.78, 5) is 33.5. The highest BCUT2D eigenvalue weighted by molar-refractivity contribution is 5.98. The van der Waals surface area contributed by atoms with Crippen molar-refractivity contribution < 1.29 is 9.59 Å². The first kappa shape index (κ1) is 19.1. The number of piperidine rings is 1. The highest BCUT2D eigenvalue weighted by Crippen LogP contribution is 2.18. The fourth-order valence-electron chi connectivity index (χ4n) is 3.37. The molecule has 0 aliphatic carbocycles. The Morgan fingerprint density at radius 2 is 1.85 bits per heavy atom. The van der Waals surface area contributed by atoms with E-state index in [1.165, 1.54) is 0 Å². The lowest BCUT2D eigenvalue weighted by molar-refractivity contribution is 0.0691. The van der Waals surface area contributed by atoms with Crippen molar-refractivity contribution in [1.82, 2.24) is 14.8 Å². The van der Waals surface area contributed by atoms with Crippen molar-refractivity contribution in [3.63, 3.8) is 0 Å². The monoisotopic (exact) mass is 365 g/mol.